The Balaban J connectivity index is 1.72. The van der Waals surface area contributed by atoms with Crippen LogP contribution in [-0.4, -0.2) is 29.7 Å². The van der Waals surface area contributed by atoms with Crippen molar-refractivity contribution >= 4 is 55.6 Å². The van der Waals surface area contributed by atoms with E-state index >= 15 is 0 Å². The number of anilines is 1. The van der Waals surface area contributed by atoms with Crippen molar-refractivity contribution in [2.45, 2.75) is 12.8 Å². The molecule has 0 spiro atoms. The van der Waals surface area contributed by atoms with Gasteiger partial charge in [0.15, 0.2) is 0 Å². The van der Waals surface area contributed by atoms with Crippen LogP contribution in [0.2, 0.25) is 0 Å². The molecule has 0 atom stereocenters. The molecule has 3 rings (SSSR count). The minimum atomic E-state index is -0.400. The van der Waals surface area contributed by atoms with Gasteiger partial charge in [0.05, 0.1) is 10.7 Å². The van der Waals surface area contributed by atoms with Crippen LogP contribution in [0, 0.1) is 0 Å². The third kappa shape index (κ3) is 4.13. The van der Waals surface area contributed by atoms with Crippen LogP contribution in [0.15, 0.2) is 50.4 Å². The molecule has 134 valence electrons. The first-order chi connectivity index (χ1) is 12.5. The maximum absolute atomic E-state index is 12.3. The quantitative estimate of drug-likeness (QED) is 0.515. The van der Waals surface area contributed by atoms with Crippen molar-refractivity contribution in [3.8, 4) is 5.75 Å². The molecule has 1 aliphatic rings. The van der Waals surface area contributed by atoms with E-state index in [0.29, 0.717) is 34.3 Å². The van der Waals surface area contributed by atoms with Gasteiger partial charge in [-0.15, -0.1) is 0 Å². The molecular formula is C18H15Br2N3O3. The lowest BCUT2D eigenvalue weighted by molar-refractivity contribution is -0.117. The molecule has 2 N–H and O–H groups in total. The molecule has 8 heteroatoms. The summed E-state index contributed by atoms with van der Waals surface area (Å²) in [7, 11) is 0. The van der Waals surface area contributed by atoms with Crippen molar-refractivity contribution in [1.29, 1.82) is 0 Å². The number of nitrogens with one attached hydrogen (secondary N) is 1. The average molecular weight is 481 g/mol. The highest BCUT2D eigenvalue weighted by molar-refractivity contribution is 9.11. The Bertz CT molecular complexity index is 899. The third-order valence-corrected chi connectivity index (χ3v) is 4.98. The van der Waals surface area contributed by atoms with Crippen molar-refractivity contribution in [2.75, 3.05) is 11.4 Å². The van der Waals surface area contributed by atoms with Crippen LogP contribution in [-0.2, 0) is 4.79 Å². The summed E-state index contributed by atoms with van der Waals surface area (Å²) >= 11 is 6.57. The van der Waals surface area contributed by atoms with E-state index in [-0.39, 0.29) is 11.7 Å². The molecule has 2 aromatic rings. The molecular weight excluding hydrogens is 466 g/mol. The molecule has 2 amide bonds. The normalized spacial score (nSPS) is 14.2. The first kappa shape index (κ1) is 18.6. The summed E-state index contributed by atoms with van der Waals surface area (Å²) in [5.41, 5.74) is 3.98. The number of hydrogen-bond donors (Lipinski definition) is 2. The zero-order chi connectivity index (χ0) is 18.7. The molecule has 0 aliphatic carbocycles. The van der Waals surface area contributed by atoms with Gasteiger partial charge in [-0.05, 0) is 52.7 Å². The van der Waals surface area contributed by atoms with Gasteiger partial charge >= 0.3 is 0 Å². The van der Waals surface area contributed by atoms with Crippen LogP contribution < -0.4 is 10.3 Å². The molecule has 0 bridgehead atoms. The summed E-state index contributed by atoms with van der Waals surface area (Å²) < 4.78 is 1.28. The molecule has 26 heavy (non-hydrogen) atoms. The summed E-state index contributed by atoms with van der Waals surface area (Å²) in [6.07, 6.45) is 2.72. The first-order valence-corrected chi connectivity index (χ1v) is 9.46. The average Bonchev–Trinajstić information content (AvgIpc) is 3.05. The number of hydrazone groups is 1. The Morgan fingerprint density at radius 3 is 2.81 bits per heavy atom. The zero-order valence-electron chi connectivity index (χ0n) is 13.6. The Morgan fingerprint density at radius 1 is 1.27 bits per heavy atom. The number of halogens is 2. The van der Waals surface area contributed by atoms with Gasteiger partial charge in [0.2, 0.25) is 5.91 Å². The number of carbonyl (C=O) groups is 2. The van der Waals surface area contributed by atoms with E-state index in [9.17, 15) is 14.7 Å². The molecule has 1 saturated heterocycles. The highest BCUT2D eigenvalue weighted by Crippen LogP contribution is 2.30. The van der Waals surface area contributed by atoms with Crippen LogP contribution in [0.4, 0.5) is 5.69 Å². The van der Waals surface area contributed by atoms with Crippen LogP contribution in [0.1, 0.15) is 28.8 Å². The fourth-order valence-corrected chi connectivity index (χ4v) is 3.90. The number of aromatic hydroxyl groups is 1. The monoisotopic (exact) mass is 479 g/mol. The van der Waals surface area contributed by atoms with Crippen LogP contribution in [0.3, 0.4) is 0 Å². The Kier molecular flexibility index (Phi) is 5.73. The zero-order valence-corrected chi connectivity index (χ0v) is 16.7. The Labute approximate surface area is 167 Å². The Hall–Kier alpha value is -2.19. The second kappa shape index (κ2) is 8.01. The van der Waals surface area contributed by atoms with Crippen molar-refractivity contribution in [1.82, 2.24) is 5.43 Å². The molecule has 0 radical (unpaired) electrons. The lowest BCUT2D eigenvalue weighted by atomic mass is 10.2. The predicted molar refractivity (Wildman–Crippen MR) is 107 cm³/mol. The maximum atomic E-state index is 12.3. The molecule has 0 saturated carbocycles. The van der Waals surface area contributed by atoms with Gasteiger partial charge in [0, 0.05) is 34.3 Å². The highest BCUT2D eigenvalue weighted by Gasteiger charge is 2.22. The lowest BCUT2D eigenvalue weighted by Gasteiger charge is -2.16. The third-order valence-electron chi connectivity index (χ3n) is 3.92. The second-order valence-electron chi connectivity index (χ2n) is 5.72. The van der Waals surface area contributed by atoms with E-state index in [2.05, 4.69) is 42.4 Å². The van der Waals surface area contributed by atoms with Crippen molar-refractivity contribution in [3.63, 3.8) is 0 Å². The molecule has 0 aromatic heterocycles. The van der Waals surface area contributed by atoms with Gasteiger partial charge in [-0.3, -0.25) is 9.59 Å². The van der Waals surface area contributed by atoms with Crippen molar-refractivity contribution in [3.05, 3.63) is 56.5 Å². The van der Waals surface area contributed by atoms with E-state index < -0.39 is 5.91 Å². The summed E-state index contributed by atoms with van der Waals surface area (Å²) in [6, 6.07) is 10.2. The summed E-state index contributed by atoms with van der Waals surface area (Å²) in [5, 5.41) is 13.9. The molecule has 0 unspecified atom stereocenters. The van der Waals surface area contributed by atoms with Crippen molar-refractivity contribution < 1.29 is 14.7 Å². The number of hydrogen-bond acceptors (Lipinski definition) is 4. The number of rotatable bonds is 4. The summed E-state index contributed by atoms with van der Waals surface area (Å²) in [4.78, 5) is 25.8. The van der Waals surface area contributed by atoms with E-state index in [4.69, 9.17) is 0 Å². The summed E-state index contributed by atoms with van der Waals surface area (Å²) in [5.74, 6) is -0.305. The van der Waals surface area contributed by atoms with Crippen LogP contribution >= 0.6 is 31.9 Å². The highest BCUT2D eigenvalue weighted by atomic mass is 79.9. The first-order valence-electron chi connectivity index (χ1n) is 7.87. The number of carbonyl (C=O) groups excluding carboxylic acids is 2. The van der Waals surface area contributed by atoms with Gasteiger partial charge in [-0.2, -0.15) is 5.10 Å². The minimum absolute atomic E-state index is 0.0285. The second-order valence-corrected chi connectivity index (χ2v) is 7.49. The van der Waals surface area contributed by atoms with Gasteiger partial charge in [0.1, 0.15) is 5.75 Å². The predicted octanol–water partition coefficient (Wildman–Crippen LogP) is 3.81. The van der Waals surface area contributed by atoms with E-state index in [1.807, 2.05) is 0 Å². The molecule has 2 aromatic carbocycles. The van der Waals surface area contributed by atoms with E-state index in [1.54, 1.807) is 41.3 Å². The van der Waals surface area contributed by atoms with Crippen LogP contribution in [0.5, 0.6) is 5.75 Å². The maximum Gasteiger partial charge on any atom is 0.271 e. The van der Waals surface area contributed by atoms with E-state index in [0.717, 1.165) is 10.9 Å². The molecule has 1 aliphatic heterocycles. The van der Waals surface area contributed by atoms with Gasteiger partial charge in [-0.25, -0.2) is 5.43 Å². The number of phenols is 1. The molecule has 1 heterocycles. The van der Waals surface area contributed by atoms with Gasteiger partial charge < -0.3 is 10.0 Å². The standard InChI is InChI=1S/C18H15Br2N3O3/c19-13-7-12(17(25)15(20)9-13)10-21-22-18(26)11-3-1-4-14(8-11)23-6-2-5-16(23)24/h1,3-4,7-10,25H,2,5-6H2,(H,22,26). The fourth-order valence-electron chi connectivity index (χ4n) is 2.65. The lowest BCUT2D eigenvalue weighted by Crippen LogP contribution is -2.24. The smallest absolute Gasteiger partial charge is 0.271 e. The Morgan fingerprint density at radius 2 is 2.08 bits per heavy atom. The van der Waals surface area contributed by atoms with Gasteiger partial charge in [-0.1, -0.05) is 22.0 Å². The topological polar surface area (TPSA) is 82.0 Å². The largest absolute Gasteiger partial charge is 0.506 e. The van der Waals surface area contributed by atoms with E-state index in [1.165, 1.54) is 6.21 Å². The fraction of sp³-hybridized carbons (Fsp3) is 0.167. The number of benzene rings is 2. The summed E-state index contributed by atoms with van der Waals surface area (Å²) in [6.45, 7) is 0.666. The number of phenolic OH excluding ortho intramolecular Hbond substituents is 1. The SMILES string of the molecule is O=C(NN=Cc1cc(Br)cc(Br)c1O)c1cccc(N2CCCC2=O)c1. The minimum Gasteiger partial charge on any atom is -0.506 e. The molecule has 1 fully saturated rings. The molecule has 6 nitrogen and oxygen atoms in total. The number of nitrogens with zero attached hydrogens (tertiary/aromatic N) is 2. The number of amides is 2. The van der Waals surface area contributed by atoms with Crippen LogP contribution in [0.25, 0.3) is 0 Å². The van der Waals surface area contributed by atoms with Gasteiger partial charge in [0.25, 0.3) is 5.91 Å². The van der Waals surface area contributed by atoms with Crippen molar-refractivity contribution in [2.24, 2.45) is 5.10 Å².